The molecule has 2 N–H and O–H groups in total. The molecule has 0 saturated carbocycles. The molecule has 0 bridgehead atoms. The van der Waals surface area contributed by atoms with Gasteiger partial charge >= 0.3 is 0 Å². The quantitative estimate of drug-likeness (QED) is 0.837. The Labute approximate surface area is 121 Å². The number of rotatable bonds is 6. The molecule has 7 nitrogen and oxygen atoms in total. The van der Waals surface area contributed by atoms with E-state index in [1.54, 1.807) is 5.51 Å². The van der Waals surface area contributed by atoms with Crippen LogP contribution in [0.25, 0.3) is 0 Å². The van der Waals surface area contributed by atoms with Crippen molar-refractivity contribution in [2.24, 2.45) is 0 Å². The van der Waals surface area contributed by atoms with Gasteiger partial charge in [0.05, 0.1) is 18.8 Å². The van der Waals surface area contributed by atoms with Gasteiger partial charge in [0.15, 0.2) is 0 Å². The number of nitrogens with zero attached hydrogens (tertiary/aromatic N) is 4. The fourth-order valence-corrected chi connectivity index (χ4v) is 2.16. The maximum absolute atomic E-state index is 11.7. The highest BCUT2D eigenvalue weighted by Gasteiger charge is 2.15. The summed E-state index contributed by atoms with van der Waals surface area (Å²) in [7, 11) is 0. The van der Waals surface area contributed by atoms with E-state index in [9.17, 15) is 4.79 Å². The SMILES string of the molecule is Cc1cnn([C@@H](C)[C@@H](C)NCC(=O)Nc2nncs2)c1. The number of hydrogen-bond donors (Lipinski definition) is 2. The zero-order valence-corrected chi connectivity index (χ0v) is 12.5. The van der Waals surface area contributed by atoms with Gasteiger partial charge in [0, 0.05) is 12.2 Å². The second-order valence-electron chi connectivity index (χ2n) is 4.70. The predicted molar refractivity (Wildman–Crippen MR) is 77.7 cm³/mol. The van der Waals surface area contributed by atoms with E-state index in [0.717, 1.165) is 5.56 Å². The molecular weight excluding hydrogens is 276 g/mol. The first-order valence-corrected chi connectivity index (χ1v) is 7.24. The summed E-state index contributed by atoms with van der Waals surface area (Å²) >= 11 is 1.30. The van der Waals surface area contributed by atoms with Gasteiger partial charge in [-0.3, -0.25) is 14.8 Å². The number of anilines is 1. The average molecular weight is 294 g/mol. The van der Waals surface area contributed by atoms with Crippen LogP contribution in [-0.2, 0) is 4.79 Å². The molecule has 108 valence electrons. The maximum atomic E-state index is 11.7. The van der Waals surface area contributed by atoms with Gasteiger partial charge in [-0.05, 0) is 26.3 Å². The fraction of sp³-hybridized carbons (Fsp3) is 0.500. The van der Waals surface area contributed by atoms with Gasteiger partial charge in [0.25, 0.3) is 0 Å². The first-order valence-electron chi connectivity index (χ1n) is 6.36. The van der Waals surface area contributed by atoms with Crippen molar-refractivity contribution in [2.75, 3.05) is 11.9 Å². The van der Waals surface area contributed by atoms with Crippen molar-refractivity contribution in [3.05, 3.63) is 23.5 Å². The zero-order chi connectivity index (χ0) is 14.5. The van der Waals surface area contributed by atoms with Crippen molar-refractivity contribution in [3.63, 3.8) is 0 Å². The monoisotopic (exact) mass is 294 g/mol. The molecule has 2 rings (SSSR count). The predicted octanol–water partition coefficient (Wildman–Crippen LogP) is 1.22. The molecule has 0 aliphatic carbocycles. The molecule has 8 heteroatoms. The zero-order valence-electron chi connectivity index (χ0n) is 11.7. The first kappa shape index (κ1) is 14.6. The smallest absolute Gasteiger partial charge is 0.240 e. The third kappa shape index (κ3) is 3.84. The summed E-state index contributed by atoms with van der Waals surface area (Å²) in [4.78, 5) is 11.7. The topological polar surface area (TPSA) is 84.7 Å². The van der Waals surface area contributed by atoms with Crippen LogP contribution >= 0.6 is 11.3 Å². The first-order chi connectivity index (χ1) is 9.56. The van der Waals surface area contributed by atoms with E-state index in [4.69, 9.17) is 0 Å². The molecule has 2 aromatic rings. The van der Waals surface area contributed by atoms with E-state index in [1.165, 1.54) is 11.3 Å². The molecular formula is C12H18N6OS. The van der Waals surface area contributed by atoms with E-state index in [-0.39, 0.29) is 24.5 Å². The summed E-state index contributed by atoms with van der Waals surface area (Å²) in [5.74, 6) is -0.127. The molecule has 0 aromatic carbocycles. The van der Waals surface area contributed by atoms with Gasteiger partial charge in [0.2, 0.25) is 11.0 Å². The standard InChI is InChI=1S/C12H18N6OS/c1-8-4-15-18(6-8)10(3)9(2)13-5-11(19)16-12-17-14-7-20-12/h4,6-7,9-10,13H,5H2,1-3H3,(H,16,17,19)/t9-,10+/m1/s1. The molecule has 0 aliphatic heterocycles. The van der Waals surface area contributed by atoms with Gasteiger partial charge in [-0.2, -0.15) is 5.10 Å². The van der Waals surface area contributed by atoms with E-state index in [0.29, 0.717) is 5.13 Å². The Morgan fingerprint density at radius 3 is 2.90 bits per heavy atom. The Bertz CT molecular complexity index is 552. The molecule has 0 radical (unpaired) electrons. The highest BCUT2D eigenvalue weighted by Crippen LogP contribution is 2.11. The van der Waals surface area contributed by atoms with E-state index in [1.807, 2.05) is 30.9 Å². The molecule has 2 atom stereocenters. The third-order valence-electron chi connectivity index (χ3n) is 3.06. The van der Waals surface area contributed by atoms with Crippen LogP contribution in [0.1, 0.15) is 25.5 Å². The lowest BCUT2D eigenvalue weighted by Gasteiger charge is -2.21. The molecule has 0 spiro atoms. The second-order valence-corrected chi connectivity index (χ2v) is 5.53. The van der Waals surface area contributed by atoms with E-state index in [2.05, 4.69) is 32.9 Å². The van der Waals surface area contributed by atoms with Gasteiger partial charge in [-0.25, -0.2) is 0 Å². The molecule has 0 fully saturated rings. The Hall–Kier alpha value is -1.80. The van der Waals surface area contributed by atoms with Gasteiger partial charge < -0.3 is 5.32 Å². The molecule has 20 heavy (non-hydrogen) atoms. The number of nitrogens with one attached hydrogen (secondary N) is 2. The van der Waals surface area contributed by atoms with Crippen molar-refractivity contribution in [1.82, 2.24) is 25.3 Å². The average Bonchev–Trinajstić information content (AvgIpc) is 3.06. The normalized spacial score (nSPS) is 13.9. The molecule has 0 unspecified atom stereocenters. The number of hydrogen-bond acceptors (Lipinski definition) is 6. The summed E-state index contributed by atoms with van der Waals surface area (Å²) < 4.78 is 1.90. The van der Waals surface area contributed by atoms with Crippen LogP contribution in [0.15, 0.2) is 17.9 Å². The summed E-state index contributed by atoms with van der Waals surface area (Å²) in [6, 6.07) is 0.285. The highest BCUT2D eigenvalue weighted by atomic mass is 32.1. The van der Waals surface area contributed by atoms with Crippen molar-refractivity contribution >= 4 is 22.4 Å². The lowest BCUT2D eigenvalue weighted by Crippen LogP contribution is -2.39. The second kappa shape index (κ2) is 6.58. The molecule has 1 amide bonds. The number of carbonyl (C=O) groups is 1. The van der Waals surface area contributed by atoms with Crippen LogP contribution in [-0.4, -0.2) is 38.5 Å². The lowest BCUT2D eigenvalue weighted by molar-refractivity contribution is -0.115. The minimum Gasteiger partial charge on any atom is -0.304 e. The van der Waals surface area contributed by atoms with Crippen molar-refractivity contribution < 1.29 is 4.79 Å². The van der Waals surface area contributed by atoms with E-state index < -0.39 is 0 Å². The number of amides is 1. The van der Waals surface area contributed by atoms with Gasteiger partial charge in [0.1, 0.15) is 5.51 Å². The molecule has 0 saturated heterocycles. The molecule has 2 heterocycles. The third-order valence-corrected chi connectivity index (χ3v) is 3.67. The van der Waals surface area contributed by atoms with Crippen LogP contribution in [0.3, 0.4) is 0 Å². The van der Waals surface area contributed by atoms with Crippen molar-refractivity contribution in [2.45, 2.75) is 32.9 Å². The summed E-state index contributed by atoms with van der Waals surface area (Å²) in [6.07, 6.45) is 3.82. The Morgan fingerprint density at radius 2 is 2.30 bits per heavy atom. The summed E-state index contributed by atoms with van der Waals surface area (Å²) in [5, 5.41) is 18.1. The van der Waals surface area contributed by atoms with E-state index >= 15 is 0 Å². The minimum atomic E-state index is -0.127. The summed E-state index contributed by atoms with van der Waals surface area (Å²) in [6.45, 7) is 6.32. The minimum absolute atomic E-state index is 0.120. The maximum Gasteiger partial charge on any atom is 0.240 e. The number of aromatic nitrogens is 4. The van der Waals surface area contributed by atoms with Gasteiger partial charge in [-0.1, -0.05) is 11.3 Å². The number of aryl methyl sites for hydroxylation is 1. The lowest BCUT2D eigenvalue weighted by atomic mass is 10.2. The Balaban J connectivity index is 1.79. The highest BCUT2D eigenvalue weighted by molar-refractivity contribution is 7.13. The Morgan fingerprint density at radius 1 is 1.50 bits per heavy atom. The van der Waals surface area contributed by atoms with Crippen LogP contribution in [0.5, 0.6) is 0 Å². The Kier molecular flexibility index (Phi) is 4.80. The van der Waals surface area contributed by atoms with Crippen molar-refractivity contribution in [1.29, 1.82) is 0 Å². The number of carbonyl (C=O) groups excluding carboxylic acids is 1. The van der Waals surface area contributed by atoms with Crippen LogP contribution < -0.4 is 10.6 Å². The van der Waals surface area contributed by atoms with Gasteiger partial charge in [-0.15, -0.1) is 10.2 Å². The van der Waals surface area contributed by atoms with Crippen molar-refractivity contribution in [3.8, 4) is 0 Å². The van der Waals surface area contributed by atoms with Crippen LogP contribution in [0.2, 0.25) is 0 Å². The fourth-order valence-electron chi connectivity index (χ4n) is 1.70. The molecule has 2 aromatic heterocycles. The van der Waals surface area contributed by atoms with Crippen LogP contribution in [0.4, 0.5) is 5.13 Å². The van der Waals surface area contributed by atoms with Crippen LogP contribution in [0, 0.1) is 6.92 Å². The largest absolute Gasteiger partial charge is 0.304 e. The summed E-state index contributed by atoms with van der Waals surface area (Å²) in [5.41, 5.74) is 2.70. The molecule has 0 aliphatic rings.